The van der Waals surface area contributed by atoms with E-state index in [1.54, 1.807) is 4.57 Å². The Morgan fingerprint density at radius 1 is 1.27 bits per heavy atom. The van der Waals surface area contributed by atoms with Crippen molar-refractivity contribution in [2.75, 3.05) is 6.61 Å². The van der Waals surface area contributed by atoms with Gasteiger partial charge in [0.15, 0.2) is 0 Å². The van der Waals surface area contributed by atoms with Gasteiger partial charge in [0.05, 0.1) is 0 Å². The summed E-state index contributed by atoms with van der Waals surface area (Å²) in [6, 6.07) is 5.02. The third-order valence-electron chi connectivity index (χ3n) is 4.59. The Hall–Kier alpha value is -2.63. The number of hydrogen-bond acceptors (Lipinski definition) is 9. The van der Waals surface area contributed by atoms with Crippen LogP contribution in [0, 0.1) is 10.1 Å². The molecule has 0 spiro atoms. The van der Waals surface area contributed by atoms with Gasteiger partial charge in [-0.15, -0.1) is 0 Å². The average Bonchev–Trinajstić information content (AvgIpc) is 3.27. The Bertz CT molecular complexity index is 1110. The van der Waals surface area contributed by atoms with Crippen LogP contribution in [-0.2, 0) is 4.74 Å². The second-order valence-electron chi connectivity index (χ2n) is 6.45. The number of esters is 1. The van der Waals surface area contributed by atoms with Crippen LogP contribution in [0.1, 0.15) is 15.3 Å². The quantitative estimate of drug-likeness (QED) is 0.172. The van der Waals surface area contributed by atoms with Crippen molar-refractivity contribution in [1.29, 1.82) is 0 Å². The van der Waals surface area contributed by atoms with E-state index in [0.29, 0.717) is 11.2 Å². The molecule has 1 fully saturated rings. The monoisotopic (exact) mass is 499 g/mol. The van der Waals surface area contributed by atoms with Crippen LogP contribution in [0.5, 0.6) is 0 Å². The van der Waals surface area contributed by atoms with Gasteiger partial charge < -0.3 is 0 Å². The first-order valence-electron chi connectivity index (χ1n) is 8.63. The number of aromatic nitrogens is 4. The van der Waals surface area contributed by atoms with Gasteiger partial charge in [-0.25, -0.2) is 0 Å². The Morgan fingerprint density at radius 3 is 2.70 bits per heavy atom. The predicted octanol–water partition coefficient (Wildman–Crippen LogP) is 0.972. The van der Waals surface area contributed by atoms with Gasteiger partial charge in [-0.2, -0.15) is 0 Å². The molecule has 0 radical (unpaired) electrons. The van der Waals surface area contributed by atoms with Gasteiger partial charge in [-0.1, -0.05) is 0 Å². The molecular weight excluding hydrogens is 485 g/mol. The topological polar surface area (TPSA) is 154 Å². The van der Waals surface area contributed by atoms with Gasteiger partial charge in [-0.3, -0.25) is 0 Å². The molecule has 4 atom stereocenters. The predicted molar refractivity (Wildman–Crippen MR) is 104 cm³/mol. The summed E-state index contributed by atoms with van der Waals surface area (Å²) >= 11 is 5.49. The standard InChI is InChI=1S/C17H14ClN5O6Se/c18-17-19-5-10-14(21-17)22(7-20-10)15-13(25)12(24)11(30-15)6-29-16(26)8-1-3-9(4-2-8)23(27)28/h1-5,7,11-13,15,24-25H,6H2/t11-,12-,13-,15-/m1/s1. The van der Waals surface area contributed by atoms with Crippen molar-refractivity contribution in [3.63, 3.8) is 0 Å². The molecule has 2 N–H and O–H groups in total. The molecule has 1 aliphatic rings. The molecule has 13 heteroatoms. The van der Waals surface area contributed by atoms with Crippen LogP contribution in [0.15, 0.2) is 36.8 Å². The fraction of sp³-hybridized carbons (Fsp3) is 0.294. The van der Waals surface area contributed by atoms with Gasteiger partial charge in [0.25, 0.3) is 0 Å². The average molecular weight is 499 g/mol. The van der Waals surface area contributed by atoms with Gasteiger partial charge >= 0.3 is 180 Å². The van der Waals surface area contributed by atoms with E-state index >= 15 is 0 Å². The summed E-state index contributed by atoms with van der Waals surface area (Å²) in [5, 5.41) is 31.7. The van der Waals surface area contributed by atoms with E-state index in [9.17, 15) is 25.1 Å². The molecule has 3 aromatic rings. The molecule has 1 saturated heterocycles. The molecular formula is C17H14ClN5O6Se. The molecule has 2 aromatic heterocycles. The zero-order valence-corrected chi connectivity index (χ0v) is 17.5. The van der Waals surface area contributed by atoms with Crippen LogP contribution in [0.2, 0.25) is 10.1 Å². The van der Waals surface area contributed by atoms with Crippen molar-refractivity contribution < 1.29 is 24.7 Å². The summed E-state index contributed by atoms with van der Waals surface area (Å²) in [5.74, 6) is -0.668. The molecule has 0 aliphatic carbocycles. The van der Waals surface area contributed by atoms with E-state index in [1.807, 2.05) is 0 Å². The number of hydrogen-bond donors (Lipinski definition) is 2. The van der Waals surface area contributed by atoms with Crippen LogP contribution in [-0.4, -0.2) is 74.4 Å². The molecule has 4 rings (SSSR count). The van der Waals surface area contributed by atoms with E-state index in [2.05, 4.69) is 15.0 Å². The molecule has 0 bridgehead atoms. The van der Waals surface area contributed by atoms with Crippen LogP contribution >= 0.6 is 11.6 Å². The number of carbonyl (C=O) groups excluding carboxylic acids is 1. The van der Waals surface area contributed by atoms with Gasteiger partial charge in [-0.05, 0) is 0 Å². The normalized spacial score (nSPS) is 23.6. The molecule has 1 aromatic carbocycles. The minimum atomic E-state index is -1.10. The number of benzene rings is 1. The number of fused-ring (bicyclic) bond motifs is 1. The van der Waals surface area contributed by atoms with Gasteiger partial charge in [0.1, 0.15) is 0 Å². The Morgan fingerprint density at radius 2 is 2.00 bits per heavy atom. The number of non-ortho nitro benzene ring substituents is 1. The van der Waals surface area contributed by atoms with E-state index < -0.39 is 32.9 Å². The van der Waals surface area contributed by atoms with Gasteiger partial charge in [0, 0.05) is 0 Å². The SMILES string of the molecule is O=C(OC[C@H]1[Se][C@@H](n2cnc3cnc(Cl)nc32)[C@H](O)[C@@H]1O)c1ccc([N+](=O)[O-])cc1. The summed E-state index contributed by atoms with van der Waals surface area (Å²) < 4.78 is 6.92. The number of nitro benzene ring substituents is 1. The first-order chi connectivity index (χ1) is 14.3. The number of aliphatic hydroxyl groups is 2. The molecule has 3 heterocycles. The number of ether oxygens (including phenoxy) is 1. The summed E-state index contributed by atoms with van der Waals surface area (Å²) in [6.45, 7) is -0.104. The summed E-state index contributed by atoms with van der Waals surface area (Å²) in [6.07, 6.45) is 0.771. The first kappa shape index (κ1) is 20.6. The second-order valence-corrected chi connectivity index (χ2v) is 9.64. The molecule has 156 valence electrons. The van der Waals surface area contributed by atoms with Crippen molar-refractivity contribution >= 4 is 49.4 Å². The van der Waals surface area contributed by atoms with Crippen molar-refractivity contribution in [2.24, 2.45) is 0 Å². The Labute approximate surface area is 180 Å². The number of carbonyl (C=O) groups is 1. The molecule has 0 amide bonds. The zero-order chi connectivity index (χ0) is 21.4. The maximum atomic E-state index is 12.2. The second kappa shape index (κ2) is 8.25. The number of halogens is 1. The Balaban J connectivity index is 1.45. The van der Waals surface area contributed by atoms with E-state index in [1.165, 1.54) is 36.8 Å². The number of nitro groups is 1. The Kier molecular flexibility index (Phi) is 5.67. The van der Waals surface area contributed by atoms with Crippen molar-refractivity contribution in [1.82, 2.24) is 19.5 Å². The van der Waals surface area contributed by atoms with Crippen LogP contribution in [0.4, 0.5) is 5.69 Å². The minimum absolute atomic E-state index is 0.0402. The number of rotatable bonds is 5. The number of aliphatic hydroxyl groups excluding tert-OH is 2. The number of nitrogens with zero attached hydrogens (tertiary/aromatic N) is 5. The van der Waals surface area contributed by atoms with Crippen LogP contribution < -0.4 is 0 Å². The summed E-state index contributed by atoms with van der Waals surface area (Å²) in [5.41, 5.74) is 0.967. The fourth-order valence-corrected chi connectivity index (χ4v) is 6.19. The van der Waals surface area contributed by atoms with E-state index in [4.69, 9.17) is 16.3 Å². The zero-order valence-electron chi connectivity index (χ0n) is 15.0. The molecule has 11 nitrogen and oxygen atoms in total. The van der Waals surface area contributed by atoms with E-state index in [-0.39, 0.29) is 38.1 Å². The third-order valence-corrected chi connectivity index (χ3v) is 8.02. The van der Waals surface area contributed by atoms with Crippen molar-refractivity contribution in [3.8, 4) is 0 Å². The fourth-order valence-electron chi connectivity index (χ4n) is 3.05. The first-order valence-corrected chi connectivity index (χ1v) is 11.0. The van der Waals surface area contributed by atoms with Crippen LogP contribution in [0.3, 0.4) is 0 Å². The van der Waals surface area contributed by atoms with Crippen LogP contribution in [0.25, 0.3) is 11.2 Å². The molecule has 0 unspecified atom stereocenters. The molecule has 30 heavy (non-hydrogen) atoms. The van der Waals surface area contributed by atoms with Gasteiger partial charge in [0.2, 0.25) is 0 Å². The maximum absolute atomic E-state index is 12.2. The molecule has 0 saturated carbocycles. The van der Waals surface area contributed by atoms with E-state index in [0.717, 1.165) is 0 Å². The van der Waals surface area contributed by atoms with Crippen molar-refractivity contribution in [2.45, 2.75) is 22.0 Å². The van der Waals surface area contributed by atoms with Crippen molar-refractivity contribution in [3.05, 3.63) is 57.8 Å². The number of imidazole rings is 1. The summed E-state index contributed by atoms with van der Waals surface area (Å²) in [7, 11) is 0. The molecule has 1 aliphatic heterocycles. The summed E-state index contributed by atoms with van der Waals surface area (Å²) in [4.78, 5) is 33.6. The third kappa shape index (κ3) is 3.87.